The van der Waals surface area contributed by atoms with Crippen LogP contribution in [0.15, 0.2) is 140 Å². The lowest BCUT2D eigenvalue weighted by molar-refractivity contribution is 0.660. The quantitative estimate of drug-likeness (QED) is 0.186. The lowest BCUT2D eigenvalue weighted by Crippen LogP contribution is -2.15. The van der Waals surface area contributed by atoms with Crippen LogP contribution in [0.3, 0.4) is 0 Å². The summed E-state index contributed by atoms with van der Waals surface area (Å²) in [6.45, 7) is 6.95. The minimum Gasteiger partial charge on any atom is -0.296 e. The smallest absolute Gasteiger partial charge is 0.114 e. The summed E-state index contributed by atoms with van der Waals surface area (Å²) in [6, 6.07) is 51.3. The number of nitrogens with zero attached hydrogens (tertiary/aromatic N) is 2. The number of para-hydroxylation sites is 2. The molecule has 2 heteroatoms. The first kappa shape index (κ1) is 26.9. The van der Waals surface area contributed by atoms with Crippen LogP contribution in [0, 0.1) is 0 Å². The summed E-state index contributed by atoms with van der Waals surface area (Å²) < 4.78 is 2.34. The van der Waals surface area contributed by atoms with E-state index in [1.807, 2.05) is 0 Å². The Labute approximate surface area is 269 Å². The number of aryl methyl sites for hydroxylation is 1. The van der Waals surface area contributed by atoms with Gasteiger partial charge in [-0.3, -0.25) is 4.57 Å². The van der Waals surface area contributed by atoms with Gasteiger partial charge in [-0.25, -0.2) is 4.98 Å². The zero-order valence-electron chi connectivity index (χ0n) is 26.4. The van der Waals surface area contributed by atoms with E-state index in [0.29, 0.717) is 0 Å². The maximum Gasteiger partial charge on any atom is 0.114 e. The van der Waals surface area contributed by atoms with Gasteiger partial charge >= 0.3 is 0 Å². The average Bonchev–Trinajstić information content (AvgIpc) is 3.59. The summed E-state index contributed by atoms with van der Waals surface area (Å²) in [4.78, 5) is 4.96. The maximum atomic E-state index is 4.96. The van der Waals surface area contributed by atoms with Crippen LogP contribution in [0.25, 0.3) is 71.6 Å². The third-order valence-electron chi connectivity index (χ3n) is 10.1. The molecule has 0 saturated heterocycles. The van der Waals surface area contributed by atoms with Crippen molar-refractivity contribution >= 4 is 32.6 Å². The highest BCUT2D eigenvalue weighted by atomic mass is 15.1. The topological polar surface area (TPSA) is 17.8 Å². The van der Waals surface area contributed by atoms with Gasteiger partial charge in [0, 0.05) is 17.5 Å². The Hall–Kier alpha value is -5.47. The number of rotatable bonds is 4. The number of imidazole rings is 1. The van der Waals surface area contributed by atoms with Crippen molar-refractivity contribution in [3.8, 4) is 39.1 Å². The molecular weight excluding hydrogens is 556 g/mol. The molecule has 0 aliphatic heterocycles. The molecule has 220 valence electrons. The molecule has 0 atom stereocenters. The van der Waals surface area contributed by atoms with Crippen LogP contribution < -0.4 is 0 Å². The van der Waals surface area contributed by atoms with Gasteiger partial charge in [-0.2, -0.15) is 0 Å². The van der Waals surface area contributed by atoms with Gasteiger partial charge in [0.2, 0.25) is 0 Å². The molecule has 7 aromatic carbocycles. The molecule has 9 rings (SSSR count). The molecule has 0 fully saturated rings. The molecule has 1 aromatic heterocycles. The van der Waals surface area contributed by atoms with Gasteiger partial charge in [0.1, 0.15) is 5.82 Å². The van der Waals surface area contributed by atoms with Gasteiger partial charge in [-0.15, -0.1) is 0 Å². The number of fused-ring (bicyclic) bond motifs is 6. The first-order chi connectivity index (χ1) is 22.5. The van der Waals surface area contributed by atoms with Crippen LogP contribution in [0.1, 0.15) is 37.7 Å². The van der Waals surface area contributed by atoms with Crippen LogP contribution in [0.2, 0.25) is 0 Å². The molecule has 0 bridgehead atoms. The van der Waals surface area contributed by atoms with Crippen LogP contribution in [-0.4, -0.2) is 9.55 Å². The van der Waals surface area contributed by atoms with Crippen molar-refractivity contribution in [2.75, 3.05) is 0 Å². The molecule has 0 saturated carbocycles. The largest absolute Gasteiger partial charge is 0.296 e. The predicted octanol–water partition coefficient (Wildman–Crippen LogP) is 11.5. The molecule has 1 aliphatic rings. The average molecular weight is 591 g/mol. The van der Waals surface area contributed by atoms with E-state index < -0.39 is 0 Å². The highest BCUT2D eigenvalue weighted by Gasteiger charge is 2.36. The third kappa shape index (κ3) is 3.80. The van der Waals surface area contributed by atoms with E-state index in [4.69, 9.17) is 4.98 Å². The zero-order valence-corrected chi connectivity index (χ0v) is 26.4. The summed E-state index contributed by atoms with van der Waals surface area (Å²) in [7, 11) is 0. The second-order valence-electron chi connectivity index (χ2n) is 13.0. The maximum absolute atomic E-state index is 4.96. The Kier molecular flexibility index (Phi) is 5.86. The minimum atomic E-state index is -0.158. The van der Waals surface area contributed by atoms with Crippen molar-refractivity contribution in [3.05, 3.63) is 156 Å². The van der Waals surface area contributed by atoms with Gasteiger partial charge in [-0.05, 0) is 96.4 Å². The lowest BCUT2D eigenvalue weighted by atomic mass is 9.80. The van der Waals surface area contributed by atoms with E-state index in [9.17, 15) is 0 Å². The molecule has 1 aliphatic carbocycles. The van der Waals surface area contributed by atoms with Gasteiger partial charge in [-0.1, -0.05) is 130 Å². The second kappa shape index (κ2) is 10.0. The van der Waals surface area contributed by atoms with Crippen LogP contribution in [0.5, 0.6) is 0 Å². The van der Waals surface area contributed by atoms with Crippen molar-refractivity contribution in [1.82, 2.24) is 9.55 Å². The fraction of sp³-hybridized carbons (Fsp3) is 0.114. The summed E-state index contributed by atoms with van der Waals surface area (Å²) in [5.41, 5.74) is 13.7. The molecule has 0 N–H and O–H groups in total. The fourth-order valence-corrected chi connectivity index (χ4v) is 7.98. The molecule has 0 unspecified atom stereocenters. The van der Waals surface area contributed by atoms with Crippen molar-refractivity contribution < 1.29 is 0 Å². The number of benzene rings is 7. The normalized spacial score (nSPS) is 13.4. The first-order valence-electron chi connectivity index (χ1n) is 16.3. The van der Waals surface area contributed by atoms with E-state index >= 15 is 0 Å². The van der Waals surface area contributed by atoms with E-state index in [-0.39, 0.29) is 5.41 Å². The van der Waals surface area contributed by atoms with Crippen molar-refractivity contribution in [3.63, 3.8) is 0 Å². The Morgan fingerprint density at radius 3 is 1.74 bits per heavy atom. The SMILES string of the molecule is CCc1nc2ccccc2n1-c1ccc2c(c1)C(C)(C)c1cc(-c3c4ccccc4c(-c4ccccc4)c4ccccc34)ccc1-2. The Morgan fingerprint density at radius 1 is 0.543 bits per heavy atom. The zero-order chi connectivity index (χ0) is 31.0. The Bertz CT molecular complexity index is 2420. The number of hydrogen-bond donors (Lipinski definition) is 0. The third-order valence-corrected chi connectivity index (χ3v) is 10.1. The molecule has 0 spiro atoms. The van der Waals surface area contributed by atoms with Gasteiger partial charge in [0.25, 0.3) is 0 Å². The van der Waals surface area contributed by atoms with E-state index in [1.54, 1.807) is 0 Å². The molecular formula is C44H34N2. The molecule has 8 aromatic rings. The van der Waals surface area contributed by atoms with E-state index in [1.165, 1.54) is 71.7 Å². The summed E-state index contributed by atoms with van der Waals surface area (Å²) >= 11 is 0. The number of aromatic nitrogens is 2. The van der Waals surface area contributed by atoms with Crippen molar-refractivity contribution in [2.24, 2.45) is 0 Å². The van der Waals surface area contributed by atoms with Gasteiger partial charge < -0.3 is 0 Å². The number of hydrogen-bond acceptors (Lipinski definition) is 1. The fourth-order valence-electron chi connectivity index (χ4n) is 7.98. The van der Waals surface area contributed by atoms with Gasteiger partial charge in [0.15, 0.2) is 0 Å². The van der Waals surface area contributed by atoms with Crippen LogP contribution >= 0.6 is 0 Å². The van der Waals surface area contributed by atoms with Crippen molar-refractivity contribution in [1.29, 1.82) is 0 Å². The standard InChI is InChI=1S/C44H34N2/c1-4-41-45-39-20-12-13-21-40(39)46(41)30-23-25-32-31-24-22-29(26-37(31)44(2,3)38(32)27-30)43-35-18-10-8-16-33(35)42(28-14-6-5-7-15-28)34-17-9-11-19-36(34)43/h5-27H,4H2,1-3H3. The van der Waals surface area contributed by atoms with Crippen LogP contribution in [-0.2, 0) is 11.8 Å². The Morgan fingerprint density at radius 2 is 1.09 bits per heavy atom. The second-order valence-corrected chi connectivity index (χ2v) is 13.0. The highest BCUT2D eigenvalue weighted by Crippen LogP contribution is 2.52. The summed E-state index contributed by atoms with van der Waals surface area (Å²) in [5.74, 6) is 1.09. The predicted molar refractivity (Wildman–Crippen MR) is 194 cm³/mol. The van der Waals surface area contributed by atoms with E-state index in [2.05, 4.69) is 165 Å². The monoisotopic (exact) mass is 590 g/mol. The molecule has 46 heavy (non-hydrogen) atoms. The summed E-state index contributed by atoms with van der Waals surface area (Å²) in [6.07, 6.45) is 0.879. The van der Waals surface area contributed by atoms with Crippen molar-refractivity contribution in [2.45, 2.75) is 32.6 Å². The molecule has 1 heterocycles. The lowest BCUT2D eigenvalue weighted by Gasteiger charge is -2.23. The van der Waals surface area contributed by atoms with E-state index in [0.717, 1.165) is 23.3 Å². The van der Waals surface area contributed by atoms with Crippen LogP contribution in [0.4, 0.5) is 0 Å². The Balaban J connectivity index is 1.24. The highest BCUT2D eigenvalue weighted by molar-refractivity contribution is 6.21. The molecule has 0 amide bonds. The van der Waals surface area contributed by atoms with Gasteiger partial charge in [0.05, 0.1) is 11.0 Å². The molecule has 0 radical (unpaired) electrons. The summed E-state index contributed by atoms with van der Waals surface area (Å²) in [5, 5.41) is 5.15. The minimum absolute atomic E-state index is 0.158. The molecule has 2 nitrogen and oxygen atoms in total. The first-order valence-corrected chi connectivity index (χ1v) is 16.3.